The van der Waals surface area contributed by atoms with E-state index in [0.29, 0.717) is 0 Å². The lowest BCUT2D eigenvalue weighted by Gasteiger charge is -2.24. The van der Waals surface area contributed by atoms with Gasteiger partial charge in [0.2, 0.25) is 0 Å². The molecule has 0 aromatic rings. The van der Waals surface area contributed by atoms with E-state index in [1.807, 2.05) is 20.8 Å². The summed E-state index contributed by atoms with van der Waals surface area (Å²) in [5.74, 6) is 0. The van der Waals surface area contributed by atoms with Gasteiger partial charge >= 0.3 is 0 Å². The van der Waals surface area contributed by atoms with Crippen LogP contribution in [0.5, 0.6) is 0 Å². The minimum atomic E-state index is -0.107. The first-order chi connectivity index (χ1) is 5.51. The Morgan fingerprint density at radius 1 is 1.50 bits per heavy atom. The third-order valence-corrected chi connectivity index (χ3v) is 1.81. The Labute approximate surface area is 73.5 Å². The Balaban J connectivity index is 2.33. The van der Waals surface area contributed by atoms with Crippen LogP contribution in [0.1, 0.15) is 27.2 Å². The van der Waals surface area contributed by atoms with E-state index in [0.717, 1.165) is 19.3 Å². The standard InChI is InChI=1S/C9H17NO2/c1-9(2,3)12-8-4-7(6-11)10-5-8/h6-8,10H,4-5H2,1-3H3. The van der Waals surface area contributed by atoms with Gasteiger partial charge in [-0.05, 0) is 27.2 Å². The molecule has 1 aliphatic rings. The monoisotopic (exact) mass is 171 g/mol. The summed E-state index contributed by atoms with van der Waals surface area (Å²) in [4.78, 5) is 10.4. The van der Waals surface area contributed by atoms with E-state index >= 15 is 0 Å². The highest BCUT2D eigenvalue weighted by atomic mass is 16.5. The average molecular weight is 171 g/mol. The summed E-state index contributed by atoms with van der Waals surface area (Å²) in [6.07, 6.45) is 1.95. The number of ether oxygens (including phenoxy) is 1. The molecule has 1 fully saturated rings. The van der Waals surface area contributed by atoms with Crippen molar-refractivity contribution in [3.05, 3.63) is 0 Å². The van der Waals surface area contributed by atoms with Crippen molar-refractivity contribution in [3.8, 4) is 0 Å². The van der Waals surface area contributed by atoms with Crippen LogP contribution in [-0.2, 0) is 9.53 Å². The summed E-state index contributed by atoms with van der Waals surface area (Å²) < 4.78 is 5.71. The lowest BCUT2D eigenvalue weighted by atomic mass is 10.1. The number of hydrogen-bond donors (Lipinski definition) is 1. The zero-order valence-corrected chi connectivity index (χ0v) is 7.96. The molecule has 1 rings (SSSR count). The number of carbonyl (C=O) groups excluding carboxylic acids is 1. The van der Waals surface area contributed by atoms with E-state index in [2.05, 4.69) is 5.32 Å². The van der Waals surface area contributed by atoms with Crippen molar-refractivity contribution in [1.82, 2.24) is 5.32 Å². The predicted molar refractivity (Wildman–Crippen MR) is 47.1 cm³/mol. The summed E-state index contributed by atoms with van der Waals surface area (Å²) in [6.45, 7) is 6.88. The van der Waals surface area contributed by atoms with Gasteiger partial charge < -0.3 is 14.8 Å². The van der Waals surface area contributed by atoms with Crippen LogP contribution in [0.25, 0.3) is 0 Å². The van der Waals surface area contributed by atoms with Gasteiger partial charge in [0.05, 0.1) is 17.7 Å². The molecular formula is C9H17NO2. The summed E-state index contributed by atoms with van der Waals surface area (Å²) in [5.41, 5.74) is -0.107. The van der Waals surface area contributed by atoms with Crippen molar-refractivity contribution < 1.29 is 9.53 Å². The maximum atomic E-state index is 10.4. The van der Waals surface area contributed by atoms with E-state index in [4.69, 9.17) is 4.74 Å². The normalized spacial score (nSPS) is 30.6. The fourth-order valence-corrected chi connectivity index (χ4v) is 1.43. The zero-order chi connectivity index (χ0) is 9.19. The summed E-state index contributed by atoms with van der Waals surface area (Å²) >= 11 is 0. The molecule has 1 aliphatic heterocycles. The number of hydrogen-bond acceptors (Lipinski definition) is 3. The van der Waals surface area contributed by atoms with E-state index in [-0.39, 0.29) is 17.7 Å². The molecule has 1 N–H and O–H groups in total. The number of nitrogens with one attached hydrogen (secondary N) is 1. The molecule has 3 nitrogen and oxygen atoms in total. The molecule has 1 saturated heterocycles. The first kappa shape index (κ1) is 9.68. The molecule has 0 radical (unpaired) electrons. The van der Waals surface area contributed by atoms with E-state index in [9.17, 15) is 4.79 Å². The van der Waals surface area contributed by atoms with E-state index in [1.54, 1.807) is 0 Å². The molecule has 70 valence electrons. The van der Waals surface area contributed by atoms with E-state index in [1.165, 1.54) is 0 Å². The molecule has 0 bridgehead atoms. The van der Waals surface area contributed by atoms with Crippen molar-refractivity contribution in [2.45, 2.75) is 44.9 Å². The smallest absolute Gasteiger partial charge is 0.136 e. The van der Waals surface area contributed by atoms with Gasteiger partial charge in [-0.15, -0.1) is 0 Å². The van der Waals surface area contributed by atoms with Gasteiger partial charge in [0.1, 0.15) is 6.29 Å². The SMILES string of the molecule is CC(C)(C)OC1CNC(C=O)C1. The van der Waals surface area contributed by atoms with Gasteiger partial charge in [0, 0.05) is 6.54 Å². The highest BCUT2D eigenvalue weighted by Crippen LogP contribution is 2.16. The molecule has 2 unspecified atom stereocenters. The molecule has 3 heteroatoms. The molecular weight excluding hydrogens is 154 g/mol. The Kier molecular flexibility index (Phi) is 2.85. The maximum absolute atomic E-state index is 10.4. The average Bonchev–Trinajstić information content (AvgIpc) is 2.32. The van der Waals surface area contributed by atoms with Crippen LogP contribution in [0, 0.1) is 0 Å². The van der Waals surface area contributed by atoms with Crippen LogP contribution in [0.15, 0.2) is 0 Å². The van der Waals surface area contributed by atoms with Crippen LogP contribution in [0.2, 0.25) is 0 Å². The second-order valence-corrected chi connectivity index (χ2v) is 4.24. The molecule has 1 heterocycles. The molecule has 0 aromatic heterocycles. The summed E-state index contributed by atoms with van der Waals surface area (Å²) in [5, 5.41) is 3.09. The Hall–Kier alpha value is -0.410. The molecule has 0 spiro atoms. The van der Waals surface area contributed by atoms with Crippen LogP contribution >= 0.6 is 0 Å². The first-order valence-electron chi connectivity index (χ1n) is 4.38. The van der Waals surface area contributed by atoms with Gasteiger partial charge in [-0.2, -0.15) is 0 Å². The van der Waals surface area contributed by atoms with Gasteiger partial charge in [0.15, 0.2) is 0 Å². The second kappa shape index (κ2) is 3.54. The van der Waals surface area contributed by atoms with Crippen molar-refractivity contribution in [2.24, 2.45) is 0 Å². The fourth-order valence-electron chi connectivity index (χ4n) is 1.43. The lowest BCUT2D eigenvalue weighted by molar-refractivity contribution is -0.109. The van der Waals surface area contributed by atoms with Crippen molar-refractivity contribution >= 4 is 6.29 Å². The largest absolute Gasteiger partial charge is 0.371 e. The molecule has 0 saturated carbocycles. The van der Waals surface area contributed by atoms with Gasteiger partial charge in [-0.25, -0.2) is 0 Å². The van der Waals surface area contributed by atoms with E-state index < -0.39 is 0 Å². The highest BCUT2D eigenvalue weighted by Gasteiger charge is 2.27. The Morgan fingerprint density at radius 3 is 2.58 bits per heavy atom. The third kappa shape index (κ3) is 2.91. The molecule has 0 amide bonds. The molecule has 0 aliphatic carbocycles. The molecule has 0 aromatic carbocycles. The van der Waals surface area contributed by atoms with Crippen LogP contribution in [0.4, 0.5) is 0 Å². The quantitative estimate of drug-likeness (QED) is 0.622. The van der Waals surface area contributed by atoms with Crippen LogP contribution < -0.4 is 5.32 Å². The fraction of sp³-hybridized carbons (Fsp3) is 0.889. The first-order valence-corrected chi connectivity index (χ1v) is 4.38. The van der Waals surface area contributed by atoms with Crippen LogP contribution in [0.3, 0.4) is 0 Å². The number of rotatable bonds is 2. The van der Waals surface area contributed by atoms with Gasteiger partial charge in [0.25, 0.3) is 0 Å². The minimum absolute atomic E-state index is 0.00245. The lowest BCUT2D eigenvalue weighted by Crippen LogP contribution is -2.28. The molecule has 12 heavy (non-hydrogen) atoms. The molecule has 2 atom stereocenters. The maximum Gasteiger partial charge on any atom is 0.136 e. The van der Waals surface area contributed by atoms with Gasteiger partial charge in [-0.3, -0.25) is 0 Å². The Bertz CT molecular complexity index is 162. The summed E-state index contributed by atoms with van der Waals surface area (Å²) in [7, 11) is 0. The predicted octanol–water partition coefficient (Wildman–Crippen LogP) is 0.731. The highest BCUT2D eigenvalue weighted by molar-refractivity contribution is 5.58. The van der Waals surface area contributed by atoms with Crippen LogP contribution in [-0.4, -0.2) is 30.6 Å². The number of carbonyl (C=O) groups is 1. The Morgan fingerprint density at radius 2 is 2.17 bits per heavy atom. The van der Waals surface area contributed by atoms with Crippen molar-refractivity contribution in [1.29, 1.82) is 0 Å². The second-order valence-electron chi connectivity index (χ2n) is 4.24. The number of aldehydes is 1. The van der Waals surface area contributed by atoms with Gasteiger partial charge in [-0.1, -0.05) is 0 Å². The minimum Gasteiger partial charge on any atom is -0.371 e. The topological polar surface area (TPSA) is 38.3 Å². The zero-order valence-electron chi connectivity index (χ0n) is 7.96. The van der Waals surface area contributed by atoms with Crippen molar-refractivity contribution in [3.63, 3.8) is 0 Å². The third-order valence-electron chi connectivity index (χ3n) is 1.81. The summed E-state index contributed by atoms with van der Waals surface area (Å²) in [6, 6.07) is -0.00245. The van der Waals surface area contributed by atoms with Crippen molar-refractivity contribution in [2.75, 3.05) is 6.54 Å².